The normalized spacial score (nSPS) is 20.7. The van der Waals surface area contributed by atoms with E-state index in [-0.39, 0.29) is 25.9 Å². The van der Waals surface area contributed by atoms with E-state index in [0.29, 0.717) is 22.8 Å². The first kappa shape index (κ1) is 17.2. The Labute approximate surface area is 156 Å². The molecule has 4 rings (SSSR count). The standard InChI is InChI=1S/C20H20N2O5/c1-13-4-3-5-15(10-13)25-9-8-22-18(23)20(2,21-19(22)24)14-6-7-16-17(11-14)27-12-26-16/h3-7,10-11H,8-9,12H2,1-2H3,(H,21,24)/t20-/m1/s1. The Kier molecular flexibility index (Phi) is 4.14. The van der Waals surface area contributed by atoms with E-state index < -0.39 is 11.6 Å². The van der Waals surface area contributed by atoms with Gasteiger partial charge < -0.3 is 19.5 Å². The molecule has 7 nitrogen and oxygen atoms in total. The third kappa shape index (κ3) is 3.05. The van der Waals surface area contributed by atoms with Crippen LogP contribution >= 0.6 is 0 Å². The van der Waals surface area contributed by atoms with Crippen LogP contribution in [0.4, 0.5) is 4.79 Å². The van der Waals surface area contributed by atoms with Gasteiger partial charge in [0.1, 0.15) is 17.9 Å². The van der Waals surface area contributed by atoms with Crippen molar-refractivity contribution in [3.63, 3.8) is 0 Å². The molecule has 0 saturated carbocycles. The Balaban J connectivity index is 1.46. The number of amides is 3. The summed E-state index contributed by atoms with van der Waals surface area (Å²) >= 11 is 0. The zero-order valence-corrected chi connectivity index (χ0v) is 15.2. The number of aryl methyl sites for hydroxylation is 1. The van der Waals surface area contributed by atoms with Crippen LogP contribution in [0.5, 0.6) is 17.2 Å². The average molecular weight is 368 g/mol. The second-order valence-corrected chi connectivity index (χ2v) is 6.74. The Morgan fingerprint density at radius 2 is 1.96 bits per heavy atom. The fraction of sp³-hybridized carbons (Fsp3) is 0.300. The summed E-state index contributed by atoms with van der Waals surface area (Å²) in [7, 11) is 0. The number of nitrogens with one attached hydrogen (secondary N) is 1. The molecule has 1 atom stereocenters. The third-order valence-corrected chi connectivity index (χ3v) is 4.80. The van der Waals surface area contributed by atoms with Gasteiger partial charge in [-0.3, -0.25) is 9.69 Å². The molecule has 2 aliphatic heterocycles. The molecule has 0 spiro atoms. The number of benzene rings is 2. The highest BCUT2D eigenvalue weighted by Crippen LogP contribution is 2.37. The van der Waals surface area contributed by atoms with Crippen LogP contribution in [-0.4, -0.2) is 36.8 Å². The maximum absolute atomic E-state index is 12.9. The zero-order chi connectivity index (χ0) is 19.0. The van der Waals surface area contributed by atoms with Crippen molar-refractivity contribution in [2.75, 3.05) is 19.9 Å². The minimum atomic E-state index is -1.15. The maximum Gasteiger partial charge on any atom is 0.325 e. The molecule has 2 aromatic carbocycles. The lowest BCUT2D eigenvalue weighted by Gasteiger charge is -2.22. The summed E-state index contributed by atoms with van der Waals surface area (Å²) in [5, 5.41) is 2.78. The van der Waals surface area contributed by atoms with Crippen molar-refractivity contribution in [1.29, 1.82) is 0 Å². The Hall–Kier alpha value is -3.22. The number of hydrogen-bond acceptors (Lipinski definition) is 5. The monoisotopic (exact) mass is 368 g/mol. The number of urea groups is 1. The van der Waals surface area contributed by atoms with Crippen molar-refractivity contribution in [3.8, 4) is 17.2 Å². The lowest BCUT2D eigenvalue weighted by atomic mass is 9.91. The van der Waals surface area contributed by atoms with Crippen LogP contribution in [0.1, 0.15) is 18.1 Å². The first-order valence-electron chi connectivity index (χ1n) is 8.71. The summed E-state index contributed by atoms with van der Waals surface area (Å²) in [5.74, 6) is 1.58. The van der Waals surface area contributed by atoms with Gasteiger partial charge in [-0.25, -0.2) is 4.79 Å². The van der Waals surface area contributed by atoms with Crippen LogP contribution in [0.15, 0.2) is 42.5 Å². The summed E-state index contributed by atoms with van der Waals surface area (Å²) in [6, 6.07) is 12.4. The van der Waals surface area contributed by atoms with Crippen molar-refractivity contribution < 1.29 is 23.8 Å². The Morgan fingerprint density at radius 3 is 2.78 bits per heavy atom. The molecule has 0 aromatic heterocycles. The van der Waals surface area contributed by atoms with Gasteiger partial charge >= 0.3 is 6.03 Å². The van der Waals surface area contributed by atoms with Crippen molar-refractivity contribution >= 4 is 11.9 Å². The number of rotatable bonds is 5. The topological polar surface area (TPSA) is 77.1 Å². The van der Waals surface area contributed by atoms with Gasteiger partial charge in [-0.1, -0.05) is 18.2 Å². The quantitative estimate of drug-likeness (QED) is 0.821. The minimum Gasteiger partial charge on any atom is -0.492 e. The van der Waals surface area contributed by atoms with E-state index in [9.17, 15) is 9.59 Å². The third-order valence-electron chi connectivity index (χ3n) is 4.80. The molecule has 3 amide bonds. The Bertz CT molecular complexity index is 913. The molecule has 2 aromatic rings. The summed E-state index contributed by atoms with van der Waals surface area (Å²) < 4.78 is 16.3. The van der Waals surface area contributed by atoms with Gasteiger partial charge in [0, 0.05) is 0 Å². The molecular weight excluding hydrogens is 348 g/mol. The second-order valence-electron chi connectivity index (χ2n) is 6.74. The Morgan fingerprint density at radius 1 is 1.15 bits per heavy atom. The molecule has 1 saturated heterocycles. The molecule has 0 bridgehead atoms. The largest absolute Gasteiger partial charge is 0.492 e. The molecule has 1 fully saturated rings. The molecule has 0 aliphatic carbocycles. The number of nitrogens with zero attached hydrogens (tertiary/aromatic N) is 1. The predicted molar refractivity (Wildman–Crippen MR) is 96.8 cm³/mol. The van der Waals surface area contributed by atoms with Crippen molar-refractivity contribution in [2.24, 2.45) is 0 Å². The average Bonchev–Trinajstić information content (AvgIpc) is 3.20. The van der Waals surface area contributed by atoms with Crippen LogP contribution in [0.2, 0.25) is 0 Å². The van der Waals surface area contributed by atoms with Crippen LogP contribution in [0, 0.1) is 6.92 Å². The highest BCUT2D eigenvalue weighted by atomic mass is 16.7. The fourth-order valence-electron chi connectivity index (χ4n) is 3.26. The van der Waals surface area contributed by atoms with Crippen molar-refractivity contribution in [2.45, 2.75) is 19.4 Å². The zero-order valence-electron chi connectivity index (χ0n) is 15.2. The number of imide groups is 1. The first-order chi connectivity index (χ1) is 13.0. The molecule has 0 radical (unpaired) electrons. The van der Waals surface area contributed by atoms with Crippen molar-refractivity contribution in [1.82, 2.24) is 10.2 Å². The van der Waals surface area contributed by atoms with Crippen molar-refractivity contribution in [3.05, 3.63) is 53.6 Å². The highest BCUT2D eigenvalue weighted by molar-refractivity contribution is 6.07. The predicted octanol–water partition coefficient (Wildman–Crippen LogP) is 2.57. The summed E-state index contributed by atoms with van der Waals surface area (Å²) in [6.07, 6.45) is 0. The number of carbonyl (C=O) groups excluding carboxylic acids is 2. The van der Waals surface area contributed by atoms with Crippen LogP contribution in [0.3, 0.4) is 0 Å². The van der Waals surface area contributed by atoms with Crippen LogP contribution in [-0.2, 0) is 10.3 Å². The number of fused-ring (bicyclic) bond motifs is 1. The molecule has 1 N–H and O–H groups in total. The fourth-order valence-corrected chi connectivity index (χ4v) is 3.26. The summed E-state index contributed by atoms with van der Waals surface area (Å²) in [5.41, 5.74) is 0.576. The molecule has 140 valence electrons. The van der Waals surface area contributed by atoms with Gasteiger partial charge in [0.25, 0.3) is 5.91 Å². The van der Waals surface area contributed by atoms with E-state index in [4.69, 9.17) is 14.2 Å². The number of carbonyl (C=O) groups is 2. The van der Waals surface area contributed by atoms with E-state index in [0.717, 1.165) is 5.56 Å². The van der Waals surface area contributed by atoms with E-state index in [1.54, 1.807) is 25.1 Å². The SMILES string of the molecule is Cc1cccc(OCCN2C(=O)N[C@](C)(c3ccc4c(c3)OCO4)C2=O)c1. The molecule has 2 heterocycles. The lowest BCUT2D eigenvalue weighted by molar-refractivity contribution is -0.131. The van der Waals surface area contributed by atoms with Crippen LogP contribution < -0.4 is 19.5 Å². The first-order valence-corrected chi connectivity index (χ1v) is 8.71. The molecule has 0 unspecified atom stereocenters. The lowest BCUT2D eigenvalue weighted by Crippen LogP contribution is -2.41. The van der Waals surface area contributed by atoms with E-state index in [1.165, 1.54) is 4.90 Å². The minimum absolute atomic E-state index is 0.151. The van der Waals surface area contributed by atoms with Crippen LogP contribution in [0.25, 0.3) is 0 Å². The van der Waals surface area contributed by atoms with Gasteiger partial charge in [-0.2, -0.15) is 0 Å². The molecular formula is C20H20N2O5. The number of hydrogen-bond donors (Lipinski definition) is 1. The maximum atomic E-state index is 12.9. The summed E-state index contributed by atoms with van der Waals surface area (Å²) in [4.78, 5) is 26.5. The molecule has 7 heteroatoms. The van der Waals surface area contributed by atoms with Gasteiger partial charge in [-0.15, -0.1) is 0 Å². The highest BCUT2D eigenvalue weighted by Gasteiger charge is 2.49. The second kappa shape index (κ2) is 6.50. The van der Waals surface area contributed by atoms with Gasteiger partial charge in [0.2, 0.25) is 6.79 Å². The van der Waals surface area contributed by atoms with Gasteiger partial charge in [0.15, 0.2) is 11.5 Å². The van der Waals surface area contributed by atoms with E-state index in [1.807, 2.05) is 31.2 Å². The summed E-state index contributed by atoms with van der Waals surface area (Å²) in [6.45, 7) is 4.20. The van der Waals surface area contributed by atoms with Gasteiger partial charge in [-0.05, 0) is 49.2 Å². The van der Waals surface area contributed by atoms with E-state index in [2.05, 4.69) is 5.32 Å². The molecule has 27 heavy (non-hydrogen) atoms. The van der Waals surface area contributed by atoms with E-state index >= 15 is 0 Å². The number of ether oxygens (including phenoxy) is 3. The molecule has 2 aliphatic rings. The van der Waals surface area contributed by atoms with Gasteiger partial charge in [0.05, 0.1) is 6.54 Å². The smallest absolute Gasteiger partial charge is 0.325 e.